The fourth-order valence-electron chi connectivity index (χ4n) is 2.70. The third kappa shape index (κ3) is 3.16. The van der Waals surface area contributed by atoms with Crippen molar-refractivity contribution in [2.75, 3.05) is 12.4 Å². The van der Waals surface area contributed by atoms with Crippen LogP contribution in [0.3, 0.4) is 0 Å². The summed E-state index contributed by atoms with van der Waals surface area (Å²) in [6.45, 7) is 4.46. The number of hydrogen-bond donors (Lipinski definition) is 1. The van der Waals surface area contributed by atoms with Gasteiger partial charge in [0.2, 0.25) is 0 Å². The summed E-state index contributed by atoms with van der Waals surface area (Å²) in [7, 11) is 1.56. The van der Waals surface area contributed by atoms with E-state index in [1.54, 1.807) is 19.2 Å². The molecule has 0 radical (unpaired) electrons. The summed E-state index contributed by atoms with van der Waals surface area (Å²) in [5.74, 6) is 0.630. The molecule has 104 valence electrons. The number of nitrogens with zero attached hydrogens (tertiary/aromatic N) is 1. The molecule has 0 amide bonds. The molecule has 1 aromatic rings. The molecule has 0 aliphatic heterocycles. The van der Waals surface area contributed by atoms with Crippen LogP contribution in [0.25, 0.3) is 0 Å². The first-order valence-electron chi connectivity index (χ1n) is 6.50. The molecule has 0 heterocycles. The minimum Gasteiger partial charge on any atom is -0.497 e. The Bertz CT molecular complexity index is 486. The average Bonchev–Trinajstić information content (AvgIpc) is 2.68. The average molecular weight is 264 g/mol. The van der Waals surface area contributed by atoms with Gasteiger partial charge in [-0.2, -0.15) is 0 Å². The highest BCUT2D eigenvalue weighted by molar-refractivity contribution is 5.64. The first-order chi connectivity index (χ1) is 8.91. The van der Waals surface area contributed by atoms with Crippen molar-refractivity contribution in [2.24, 2.45) is 5.41 Å². The van der Waals surface area contributed by atoms with Gasteiger partial charge in [-0.1, -0.05) is 13.8 Å². The van der Waals surface area contributed by atoms with E-state index in [-0.39, 0.29) is 10.6 Å². The second-order valence-electron chi connectivity index (χ2n) is 5.89. The lowest BCUT2D eigenvalue weighted by Crippen LogP contribution is -2.18. The molecule has 1 unspecified atom stereocenters. The van der Waals surface area contributed by atoms with Crippen LogP contribution in [0, 0.1) is 15.5 Å². The maximum absolute atomic E-state index is 11.0. The third-order valence-electron chi connectivity index (χ3n) is 3.73. The summed E-state index contributed by atoms with van der Waals surface area (Å²) in [4.78, 5) is 10.7. The Morgan fingerprint density at radius 3 is 2.74 bits per heavy atom. The number of nitro benzene ring substituents is 1. The maximum atomic E-state index is 11.0. The van der Waals surface area contributed by atoms with Crippen molar-refractivity contribution in [2.45, 2.75) is 39.2 Å². The van der Waals surface area contributed by atoms with Crippen LogP contribution in [0.4, 0.5) is 11.4 Å². The number of hydrogen-bond acceptors (Lipinski definition) is 4. The molecule has 1 aliphatic carbocycles. The van der Waals surface area contributed by atoms with E-state index in [4.69, 9.17) is 4.74 Å². The van der Waals surface area contributed by atoms with Gasteiger partial charge in [0.25, 0.3) is 5.69 Å². The van der Waals surface area contributed by atoms with Gasteiger partial charge in [-0.25, -0.2) is 0 Å². The molecule has 0 bridgehead atoms. The van der Waals surface area contributed by atoms with Crippen molar-refractivity contribution >= 4 is 11.4 Å². The molecule has 0 saturated heterocycles. The zero-order chi connectivity index (χ0) is 14.0. The minimum absolute atomic E-state index is 0.102. The van der Waals surface area contributed by atoms with Crippen molar-refractivity contribution in [1.29, 1.82) is 0 Å². The lowest BCUT2D eigenvalue weighted by Gasteiger charge is -2.18. The van der Waals surface area contributed by atoms with Crippen LogP contribution in [-0.2, 0) is 0 Å². The molecule has 1 fully saturated rings. The number of nitro groups is 1. The fourth-order valence-corrected chi connectivity index (χ4v) is 2.70. The van der Waals surface area contributed by atoms with Crippen LogP contribution < -0.4 is 10.1 Å². The monoisotopic (exact) mass is 264 g/mol. The van der Waals surface area contributed by atoms with Gasteiger partial charge >= 0.3 is 0 Å². The van der Waals surface area contributed by atoms with Crippen molar-refractivity contribution in [1.82, 2.24) is 0 Å². The van der Waals surface area contributed by atoms with Gasteiger partial charge in [0, 0.05) is 18.2 Å². The Kier molecular flexibility index (Phi) is 3.64. The smallest absolute Gasteiger partial charge is 0.292 e. The van der Waals surface area contributed by atoms with E-state index in [0.717, 1.165) is 19.3 Å². The molecule has 1 saturated carbocycles. The number of benzene rings is 1. The van der Waals surface area contributed by atoms with Crippen LogP contribution in [-0.4, -0.2) is 18.1 Å². The van der Waals surface area contributed by atoms with Gasteiger partial charge in [0.15, 0.2) is 0 Å². The molecule has 1 aromatic carbocycles. The number of methoxy groups -OCH3 is 1. The Hall–Kier alpha value is -1.78. The quantitative estimate of drug-likeness (QED) is 0.666. The van der Waals surface area contributed by atoms with Crippen LogP contribution in [0.2, 0.25) is 0 Å². The Labute approximate surface area is 113 Å². The first kappa shape index (κ1) is 13.6. The predicted octanol–water partition coefficient (Wildman–Crippen LogP) is 3.59. The van der Waals surface area contributed by atoms with Crippen molar-refractivity contribution in [3.05, 3.63) is 28.3 Å². The molecule has 19 heavy (non-hydrogen) atoms. The summed E-state index contributed by atoms with van der Waals surface area (Å²) >= 11 is 0. The fraction of sp³-hybridized carbons (Fsp3) is 0.571. The molecule has 0 aromatic heterocycles. The summed E-state index contributed by atoms with van der Waals surface area (Å²) < 4.78 is 5.13. The van der Waals surface area contributed by atoms with E-state index in [2.05, 4.69) is 19.2 Å². The zero-order valence-electron chi connectivity index (χ0n) is 11.6. The second kappa shape index (κ2) is 5.07. The van der Waals surface area contributed by atoms with Crippen molar-refractivity contribution in [3.63, 3.8) is 0 Å². The molecular formula is C14H20N2O3. The normalized spacial score (nSPS) is 21.1. The number of rotatable bonds is 4. The van der Waals surface area contributed by atoms with Crippen molar-refractivity contribution in [3.8, 4) is 5.75 Å². The third-order valence-corrected chi connectivity index (χ3v) is 3.73. The van der Waals surface area contributed by atoms with Crippen LogP contribution in [0.1, 0.15) is 33.1 Å². The van der Waals surface area contributed by atoms with Gasteiger partial charge < -0.3 is 10.1 Å². The van der Waals surface area contributed by atoms with E-state index in [1.807, 2.05) is 0 Å². The lowest BCUT2D eigenvalue weighted by molar-refractivity contribution is -0.384. The Morgan fingerprint density at radius 1 is 1.47 bits per heavy atom. The van der Waals surface area contributed by atoms with E-state index < -0.39 is 0 Å². The molecule has 5 heteroatoms. The number of ether oxygens (including phenoxy) is 1. The molecule has 1 N–H and O–H groups in total. The van der Waals surface area contributed by atoms with Crippen molar-refractivity contribution < 1.29 is 9.66 Å². The van der Waals surface area contributed by atoms with Gasteiger partial charge in [0.1, 0.15) is 11.4 Å². The zero-order valence-corrected chi connectivity index (χ0v) is 11.6. The maximum Gasteiger partial charge on any atom is 0.292 e. The van der Waals surface area contributed by atoms with Crippen LogP contribution in [0.5, 0.6) is 5.75 Å². The largest absolute Gasteiger partial charge is 0.497 e. The van der Waals surface area contributed by atoms with Crippen LogP contribution in [0.15, 0.2) is 18.2 Å². The Balaban J connectivity index is 2.20. The molecule has 0 spiro atoms. The van der Waals surface area contributed by atoms with E-state index in [9.17, 15) is 10.1 Å². The second-order valence-corrected chi connectivity index (χ2v) is 5.89. The van der Waals surface area contributed by atoms with Gasteiger partial charge in [-0.15, -0.1) is 0 Å². The summed E-state index contributed by atoms with van der Waals surface area (Å²) in [6.07, 6.45) is 3.21. The number of nitrogens with one attached hydrogen (secondary N) is 1. The van der Waals surface area contributed by atoms with Gasteiger partial charge in [-0.05, 0) is 30.7 Å². The highest BCUT2D eigenvalue weighted by atomic mass is 16.6. The van der Waals surface area contributed by atoms with Gasteiger partial charge in [0.05, 0.1) is 12.0 Å². The predicted molar refractivity (Wildman–Crippen MR) is 74.7 cm³/mol. The number of anilines is 1. The minimum atomic E-state index is -0.359. The van der Waals surface area contributed by atoms with Gasteiger partial charge in [-0.3, -0.25) is 10.1 Å². The lowest BCUT2D eigenvalue weighted by atomic mass is 9.92. The molecule has 1 aliphatic rings. The summed E-state index contributed by atoms with van der Waals surface area (Å²) in [5.41, 5.74) is 0.961. The highest BCUT2D eigenvalue weighted by Gasteiger charge is 2.31. The van der Waals surface area contributed by atoms with E-state index >= 15 is 0 Å². The van der Waals surface area contributed by atoms with E-state index in [0.29, 0.717) is 22.9 Å². The first-order valence-corrected chi connectivity index (χ1v) is 6.50. The molecular weight excluding hydrogens is 244 g/mol. The topological polar surface area (TPSA) is 64.4 Å². The molecule has 5 nitrogen and oxygen atoms in total. The Morgan fingerprint density at radius 2 is 2.21 bits per heavy atom. The highest BCUT2D eigenvalue weighted by Crippen LogP contribution is 2.39. The SMILES string of the molecule is COc1ccc([N+](=O)[O-])c(NC2CCC(C)(C)C2)c1. The summed E-state index contributed by atoms with van der Waals surface area (Å²) in [5, 5.41) is 14.3. The van der Waals surface area contributed by atoms with E-state index in [1.165, 1.54) is 6.07 Å². The van der Waals surface area contributed by atoms with Crippen LogP contribution >= 0.6 is 0 Å². The summed E-state index contributed by atoms with van der Waals surface area (Å²) in [6, 6.07) is 5.09. The molecule has 2 rings (SSSR count). The molecule has 1 atom stereocenters. The standard InChI is InChI=1S/C14H20N2O3/c1-14(2)7-6-10(9-14)15-12-8-11(19-3)4-5-13(12)16(17)18/h4-5,8,10,15H,6-7,9H2,1-3H3.